The number of rotatable bonds is 6. The van der Waals surface area contributed by atoms with Crippen LogP contribution in [0.1, 0.15) is 31.2 Å². The van der Waals surface area contributed by atoms with Gasteiger partial charge in [0.05, 0.1) is 6.61 Å². The molecular formula is C18H25N2O. The van der Waals surface area contributed by atoms with Crippen LogP contribution in [0, 0.1) is 5.92 Å². The lowest BCUT2D eigenvalue weighted by Crippen LogP contribution is -2.37. The topological polar surface area (TPSA) is 38.9 Å². The molecule has 1 radical (unpaired) electrons. The first kappa shape index (κ1) is 14.6. The minimum Gasteiger partial charge on any atom is -0.361 e. The van der Waals surface area contributed by atoms with Gasteiger partial charge in [-0.2, -0.15) is 0 Å². The molecule has 2 aromatic rings. The van der Waals surface area contributed by atoms with E-state index >= 15 is 0 Å². The van der Waals surface area contributed by atoms with Gasteiger partial charge in [-0.25, -0.2) is 5.11 Å². The Kier molecular flexibility index (Phi) is 4.94. The van der Waals surface area contributed by atoms with E-state index in [4.69, 9.17) is 0 Å². The van der Waals surface area contributed by atoms with Crippen molar-refractivity contribution in [2.24, 2.45) is 5.92 Å². The number of nitrogens with one attached hydrogen (secondary N) is 1. The van der Waals surface area contributed by atoms with Gasteiger partial charge in [-0.05, 0) is 62.7 Å². The molecule has 1 aliphatic rings. The Morgan fingerprint density at radius 3 is 3.05 bits per heavy atom. The second-order valence-electron chi connectivity index (χ2n) is 6.29. The Morgan fingerprint density at radius 1 is 1.24 bits per heavy atom. The number of piperidine rings is 1. The van der Waals surface area contributed by atoms with E-state index in [2.05, 4.69) is 40.3 Å². The maximum Gasteiger partial charge on any atom is 0.0862 e. The maximum atomic E-state index is 11.0. The number of nitrogens with zero attached hydrogens (tertiary/aromatic N) is 1. The minimum absolute atomic E-state index is 0.103. The van der Waals surface area contributed by atoms with Gasteiger partial charge in [0.15, 0.2) is 0 Å². The van der Waals surface area contributed by atoms with Gasteiger partial charge in [0.25, 0.3) is 0 Å². The first-order chi connectivity index (χ1) is 10.4. The molecule has 1 aromatic carbocycles. The van der Waals surface area contributed by atoms with Gasteiger partial charge in [0.1, 0.15) is 0 Å². The summed E-state index contributed by atoms with van der Waals surface area (Å²) in [6, 6.07) is 8.52. The van der Waals surface area contributed by atoms with Gasteiger partial charge in [0.2, 0.25) is 0 Å². The Balaban J connectivity index is 1.44. The zero-order chi connectivity index (χ0) is 14.5. The van der Waals surface area contributed by atoms with Gasteiger partial charge >= 0.3 is 0 Å². The molecule has 2 heterocycles. The van der Waals surface area contributed by atoms with Crippen LogP contribution in [0.25, 0.3) is 10.9 Å². The van der Waals surface area contributed by atoms with E-state index in [9.17, 15) is 5.11 Å². The predicted octanol–water partition coefficient (Wildman–Crippen LogP) is 3.63. The number of aryl methyl sites for hydroxylation is 1. The zero-order valence-corrected chi connectivity index (χ0v) is 12.7. The number of fused-ring (bicyclic) bond motifs is 1. The van der Waals surface area contributed by atoms with E-state index in [0.29, 0.717) is 5.92 Å². The fourth-order valence-electron chi connectivity index (χ4n) is 3.48. The molecule has 1 atom stereocenters. The Morgan fingerprint density at radius 2 is 2.14 bits per heavy atom. The van der Waals surface area contributed by atoms with Crippen LogP contribution in [0.2, 0.25) is 0 Å². The van der Waals surface area contributed by atoms with Crippen LogP contribution in [0.3, 0.4) is 0 Å². The average molecular weight is 285 g/mol. The van der Waals surface area contributed by atoms with E-state index in [1.165, 1.54) is 42.3 Å². The van der Waals surface area contributed by atoms with Gasteiger partial charge in [-0.3, -0.25) is 0 Å². The van der Waals surface area contributed by atoms with E-state index in [1.54, 1.807) is 0 Å². The number of aromatic amines is 1. The van der Waals surface area contributed by atoms with Crippen molar-refractivity contribution >= 4 is 10.9 Å². The number of benzene rings is 1. The monoisotopic (exact) mass is 285 g/mol. The number of para-hydroxylation sites is 1. The molecule has 1 fully saturated rings. The highest BCUT2D eigenvalue weighted by Gasteiger charge is 2.18. The molecule has 3 rings (SSSR count). The van der Waals surface area contributed by atoms with Crippen molar-refractivity contribution < 1.29 is 5.11 Å². The quantitative estimate of drug-likeness (QED) is 0.809. The highest BCUT2D eigenvalue weighted by Crippen LogP contribution is 2.20. The second-order valence-corrected chi connectivity index (χ2v) is 6.29. The summed E-state index contributed by atoms with van der Waals surface area (Å²) in [6.07, 6.45) is 8.08. The molecule has 1 N–H and O–H groups in total. The summed E-state index contributed by atoms with van der Waals surface area (Å²) in [7, 11) is 0. The average Bonchev–Trinajstić information content (AvgIpc) is 2.95. The van der Waals surface area contributed by atoms with E-state index in [0.717, 1.165) is 25.9 Å². The number of unbranched alkanes of at least 4 members (excludes halogenated alkanes) is 1. The molecule has 0 saturated carbocycles. The molecule has 3 heteroatoms. The van der Waals surface area contributed by atoms with E-state index in [-0.39, 0.29) is 6.61 Å². The number of likely N-dealkylation sites (tertiary alicyclic amines) is 1. The van der Waals surface area contributed by atoms with Crippen LogP contribution in [0.4, 0.5) is 0 Å². The van der Waals surface area contributed by atoms with E-state index < -0.39 is 0 Å². The molecule has 1 saturated heterocycles. The van der Waals surface area contributed by atoms with Gasteiger partial charge < -0.3 is 9.88 Å². The third-order valence-electron chi connectivity index (χ3n) is 4.68. The van der Waals surface area contributed by atoms with Gasteiger partial charge in [0, 0.05) is 23.6 Å². The van der Waals surface area contributed by atoms with Crippen LogP contribution >= 0.6 is 0 Å². The molecule has 0 bridgehead atoms. The van der Waals surface area contributed by atoms with Crippen molar-refractivity contribution in [2.45, 2.75) is 32.1 Å². The van der Waals surface area contributed by atoms with Crippen LogP contribution < -0.4 is 0 Å². The molecule has 3 nitrogen and oxygen atoms in total. The number of aromatic nitrogens is 1. The SMILES string of the molecule is [O]CC1CCCN(CCCCc2c[nH]c3ccccc23)C1. The van der Waals surface area contributed by atoms with Crippen molar-refractivity contribution in [3.8, 4) is 0 Å². The van der Waals surface area contributed by atoms with Crippen molar-refractivity contribution in [1.29, 1.82) is 0 Å². The largest absolute Gasteiger partial charge is 0.361 e. The summed E-state index contributed by atoms with van der Waals surface area (Å²) >= 11 is 0. The lowest BCUT2D eigenvalue weighted by atomic mass is 9.98. The lowest BCUT2D eigenvalue weighted by molar-refractivity contribution is 0.0820. The highest BCUT2D eigenvalue weighted by molar-refractivity contribution is 5.82. The number of H-pyrrole nitrogens is 1. The van der Waals surface area contributed by atoms with Crippen LogP contribution in [0.5, 0.6) is 0 Å². The first-order valence-electron chi connectivity index (χ1n) is 8.22. The molecule has 21 heavy (non-hydrogen) atoms. The van der Waals surface area contributed by atoms with Crippen LogP contribution in [-0.2, 0) is 11.5 Å². The molecule has 113 valence electrons. The molecule has 0 aliphatic carbocycles. The summed E-state index contributed by atoms with van der Waals surface area (Å²) in [6.45, 7) is 3.46. The third-order valence-corrected chi connectivity index (χ3v) is 4.68. The number of hydrogen-bond donors (Lipinski definition) is 1. The van der Waals surface area contributed by atoms with E-state index in [1.807, 2.05) is 0 Å². The van der Waals surface area contributed by atoms with Gasteiger partial charge in [-0.1, -0.05) is 18.2 Å². The smallest absolute Gasteiger partial charge is 0.0862 e. The standard InChI is InChI=1S/C18H25N2O/c21-14-15-6-5-11-20(13-15)10-4-3-7-16-12-19-18-9-2-1-8-17(16)18/h1-2,8-9,12,15,19H,3-7,10-11,13-14H2. The lowest BCUT2D eigenvalue weighted by Gasteiger charge is -2.31. The van der Waals surface area contributed by atoms with Crippen molar-refractivity contribution in [2.75, 3.05) is 26.2 Å². The normalized spacial score (nSPS) is 20.1. The molecule has 0 spiro atoms. The summed E-state index contributed by atoms with van der Waals surface area (Å²) in [5.74, 6) is 0.396. The fraction of sp³-hybridized carbons (Fsp3) is 0.556. The molecular weight excluding hydrogens is 260 g/mol. The Bertz CT molecular complexity index is 563. The van der Waals surface area contributed by atoms with Crippen LogP contribution in [-0.4, -0.2) is 36.1 Å². The minimum atomic E-state index is 0.103. The van der Waals surface area contributed by atoms with Crippen LogP contribution in [0.15, 0.2) is 30.5 Å². The number of hydrogen-bond acceptors (Lipinski definition) is 1. The molecule has 1 aromatic heterocycles. The summed E-state index contributed by atoms with van der Waals surface area (Å²) in [5, 5.41) is 12.4. The van der Waals surface area contributed by atoms with Crippen molar-refractivity contribution in [3.63, 3.8) is 0 Å². The maximum absolute atomic E-state index is 11.0. The van der Waals surface area contributed by atoms with Crippen molar-refractivity contribution in [1.82, 2.24) is 9.88 Å². The Labute approximate surface area is 127 Å². The zero-order valence-electron chi connectivity index (χ0n) is 12.7. The van der Waals surface area contributed by atoms with Crippen molar-refractivity contribution in [3.05, 3.63) is 36.0 Å². The summed E-state index contributed by atoms with van der Waals surface area (Å²) in [4.78, 5) is 5.83. The van der Waals surface area contributed by atoms with Gasteiger partial charge in [-0.15, -0.1) is 0 Å². The highest BCUT2D eigenvalue weighted by atomic mass is 16.3. The molecule has 0 amide bonds. The molecule has 1 aliphatic heterocycles. The summed E-state index contributed by atoms with van der Waals surface area (Å²) in [5.41, 5.74) is 2.67. The predicted molar refractivity (Wildman–Crippen MR) is 86.0 cm³/mol. The summed E-state index contributed by atoms with van der Waals surface area (Å²) < 4.78 is 0. The fourth-order valence-corrected chi connectivity index (χ4v) is 3.48. The first-order valence-corrected chi connectivity index (χ1v) is 8.22. The second kappa shape index (κ2) is 7.10. The molecule has 1 unspecified atom stereocenters. The third kappa shape index (κ3) is 3.66. The Hall–Kier alpha value is -1.32.